The second-order valence-electron chi connectivity index (χ2n) is 7.22. The fraction of sp³-hybridized carbons (Fsp3) is 0.684. The van der Waals surface area contributed by atoms with Crippen molar-refractivity contribution in [3.05, 3.63) is 29.8 Å². The van der Waals surface area contributed by atoms with Gasteiger partial charge < -0.3 is 20.4 Å². The molecule has 0 radical (unpaired) electrons. The van der Waals surface area contributed by atoms with Crippen LogP contribution in [0.25, 0.3) is 0 Å². The van der Waals surface area contributed by atoms with E-state index in [9.17, 15) is 10.2 Å². The Balaban J connectivity index is 1.83. The molecule has 1 aromatic carbocycles. The Morgan fingerprint density at radius 1 is 1.30 bits per heavy atom. The van der Waals surface area contributed by atoms with Crippen LogP contribution in [-0.4, -0.2) is 48.6 Å². The van der Waals surface area contributed by atoms with Gasteiger partial charge in [0.15, 0.2) is 0 Å². The summed E-state index contributed by atoms with van der Waals surface area (Å²) in [6, 6.07) is 9.12. The molecule has 0 aromatic heterocycles. The topological polar surface area (TPSA) is 55.7 Å². The van der Waals surface area contributed by atoms with E-state index in [1.807, 2.05) is 0 Å². The Morgan fingerprint density at radius 2 is 2.09 bits per heavy atom. The van der Waals surface area contributed by atoms with Crippen molar-refractivity contribution in [1.29, 1.82) is 0 Å². The molecule has 0 bridgehead atoms. The molecule has 128 valence electrons. The smallest absolute Gasteiger partial charge is 0.0841 e. The number of rotatable bonds is 5. The molecule has 1 aromatic rings. The summed E-state index contributed by atoms with van der Waals surface area (Å²) in [6.07, 6.45) is 4.16. The van der Waals surface area contributed by atoms with Crippen molar-refractivity contribution in [1.82, 2.24) is 5.32 Å². The lowest BCUT2D eigenvalue weighted by atomic mass is 9.81. The predicted molar refractivity (Wildman–Crippen MR) is 93.9 cm³/mol. The molecule has 1 saturated carbocycles. The molecule has 3 unspecified atom stereocenters. The standard InChI is InChI=1S/C19H30N2O2/c1-14-12-21(10-9-20-14)17-8-4-7-16(11-17)19(18(23)13-22)15-5-2-3-6-15/h4,7-8,11,14-15,18-20,22-23H,2-3,5-6,9-10,12-13H2,1H3. The van der Waals surface area contributed by atoms with Crippen LogP contribution in [0, 0.1) is 5.92 Å². The van der Waals surface area contributed by atoms with Crippen LogP contribution in [0.1, 0.15) is 44.1 Å². The molecular weight excluding hydrogens is 288 g/mol. The lowest BCUT2D eigenvalue weighted by Crippen LogP contribution is -2.49. The first-order chi connectivity index (χ1) is 11.2. The van der Waals surface area contributed by atoms with Gasteiger partial charge in [0.2, 0.25) is 0 Å². The van der Waals surface area contributed by atoms with Gasteiger partial charge in [-0.05, 0) is 43.4 Å². The summed E-state index contributed by atoms with van der Waals surface area (Å²) in [5.41, 5.74) is 2.42. The zero-order valence-electron chi connectivity index (χ0n) is 14.1. The van der Waals surface area contributed by atoms with Crippen molar-refractivity contribution in [3.8, 4) is 0 Å². The van der Waals surface area contributed by atoms with Gasteiger partial charge in [-0.2, -0.15) is 0 Å². The van der Waals surface area contributed by atoms with Crippen LogP contribution < -0.4 is 10.2 Å². The molecule has 1 aliphatic carbocycles. The van der Waals surface area contributed by atoms with E-state index in [1.54, 1.807) is 0 Å². The second-order valence-corrected chi connectivity index (χ2v) is 7.22. The van der Waals surface area contributed by atoms with Crippen molar-refractivity contribution < 1.29 is 10.2 Å². The van der Waals surface area contributed by atoms with Crippen molar-refractivity contribution in [2.75, 3.05) is 31.1 Å². The average molecular weight is 318 g/mol. The fourth-order valence-electron chi connectivity index (χ4n) is 4.33. The normalized spacial score (nSPS) is 25.5. The summed E-state index contributed by atoms with van der Waals surface area (Å²) in [4.78, 5) is 2.42. The highest BCUT2D eigenvalue weighted by Gasteiger charge is 2.32. The van der Waals surface area contributed by atoms with Gasteiger partial charge in [-0.15, -0.1) is 0 Å². The number of hydrogen-bond donors (Lipinski definition) is 3. The Morgan fingerprint density at radius 3 is 2.78 bits per heavy atom. The van der Waals surface area contributed by atoms with Gasteiger partial charge in [0.1, 0.15) is 0 Å². The first kappa shape index (κ1) is 16.7. The van der Waals surface area contributed by atoms with Gasteiger partial charge in [-0.1, -0.05) is 25.0 Å². The third-order valence-electron chi connectivity index (χ3n) is 5.50. The zero-order chi connectivity index (χ0) is 16.2. The molecule has 0 spiro atoms. The van der Waals surface area contributed by atoms with Crippen LogP contribution in [-0.2, 0) is 0 Å². The van der Waals surface area contributed by atoms with E-state index in [0.29, 0.717) is 12.0 Å². The maximum Gasteiger partial charge on any atom is 0.0841 e. The van der Waals surface area contributed by atoms with Crippen molar-refractivity contribution in [2.24, 2.45) is 5.92 Å². The maximum absolute atomic E-state index is 10.4. The maximum atomic E-state index is 10.4. The minimum atomic E-state index is -0.657. The predicted octanol–water partition coefficient (Wildman–Crippen LogP) is 2.11. The molecule has 3 rings (SSSR count). The van der Waals surface area contributed by atoms with Crippen LogP contribution in [0.2, 0.25) is 0 Å². The SMILES string of the molecule is CC1CN(c2cccc(C(C(O)CO)C3CCCC3)c2)CCN1. The number of piperazine rings is 1. The van der Waals surface area contributed by atoms with Gasteiger partial charge >= 0.3 is 0 Å². The Kier molecular flexibility index (Phi) is 5.57. The van der Waals surface area contributed by atoms with Crippen molar-refractivity contribution >= 4 is 5.69 Å². The van der Waals surface area contributed by atoms with Crippen molar-refractivity contribution in [2.45, 2.75) is 50.7 Å². The summed E-state index contributed by atoms with van der Waals surface area (Å²) in [5.74, 6) is 0.553. The Labute approximate surface area is 139 Å². The van der Waals surface area contributed by atoms with Crippen molar-refractivity contribution in [3.63, 3.8) is 0 Å². The van der Waals surface area contributed by atoms with Crippen LogP contribution >= 0.6 is 0 Å². The van der Waals surface area contributed by atoms with E-state index >= 15 is 0 Å². The molecule has 4 nitrogen and oxygen atoms in total. The molecular formula is C19H30N2O2. The van der Waals surface area contributed by atoms with E-state index < -0.39 is 6.10 Å². The molecule has 23 heavy (non-hydrogen) atoms. The number of anilines is 1. The molecule has 2 aliphatic rings. The summed E-state index contributed by atoms with van der Waals surface area (Å²) in [6.45, 7) is 5.10. The molecule has 2 fully saturated rings. The summed E-state index contributed by atoms with van der Waals surface area (Å²) < 4.78 is 0. The highest BCUT2D eigenvalue weighted by Crippen LogP contribution is 2.40. The number of aliphatic hydroxyl groups excluding tert-OH is 2. The lowest BCUT2D eigenvalue weighted by molar-refractivity contribution is 0.0549. The molecule has 1 saturated heterocycles. The Bertz CT molecular complexity index is 502. The quantitative estimate of drug-likeness (QED) is 0.778. The molecule has 4 heteroatoms. The van der Waals surface area contributed by atoms with Crippen LogP contribution in [0.15, 0.2) is 24.3 Å². The van der Waals surface area contributed by atoms with E-state index in [1.165, 1.54) is 24.1 Å². The van der Waals surface area contributed by atoms with Crippen LogP contribution in [0.5, 0.6) is 0 Å². The summed E-state index contributed by atoms with van der Waals surface area (Å²) in [7, 11) is 0. The summed E-state index contributed by atoms with van der Waals surface area (Å²) in [5, 5.41) is 23.4. The number of nitrogens with zero attached hydrogens (tertiary/aromatic N) is 1. The fourth-order valence-corrected chi connectivity index (χ4v) is 4.33. The van der Waals surface area contributed by atoms with Gasteiger partial charge in [-0.25, -0.2) is 0 Å². The molecule has 3 N–H and O–H groups in total. The summed E-state index contributed by atoms with van der Waals surface area (Å²) >= 11 is 0. The zero-order valence-corrected chi connectivity index (χ0v) is 14.1. The number of nitrogens with one attached hydrogen (secondary N) is 1. The third kappa shape index (κ3) is 3.87. The second kappa shape index (κ2) is 7.65. The van der Waals surface area contributed by atoms with E-state index in [-0.39, 0.29) is 12.5 Å². The Hall–Kier alpha value is -1.10. The van der Waals surface area contributed by atoms with Gasteiger partial charge in [0.05, 0.1) is 12.7 Å². The first-order valence-electron chi connectivity index (χ1n) is 9.06. The molecule has 0 amide bonds. The number of benzene rings is 1. The molecule has 1 heterocycles. The minimum absolute atomic E-state index is 0.0581. The van der Waals surface area contributed by atoms with Gasteiger partial charge in [0, 0.05) is 37.3 Å². The molecule has 3 atom stereocenters. The van der Waals surface area contributed by atoms with Gasteiger partial charge in [0.25, 0.3) is 0 Å². The van der Waals surface area contributed by atoms with E-state index in [2.05, 4.69) is 41.4 Å². The lowest BCUT2D eigenvalue weighted by Gasteiger charge is -2.35. The first-order valence-corrected chi connectivity index (χ1v) is 9.06. The minimum Gasteiger partial charge on any atom is -0.394 e. The number of aliphatic hydroxyl groups is 2. The van der Waals surface area contributed by atoms with E-state index in [0.717, 1.165) is 32.5 Å². The van der Waals surface area contributed by atoms with E-state index in [4.69, 9.17) is 0 Å². The van der Waals surface area contributed by atoms with Crippen LogP contribution in [0.4, 0.5) is 5.69 Å². The highest BCUT2D eigenvalue weighted by molar-refractivity contribution is 5.50. The van der Waals surface area contributed by atoms with Gasteiger partial charge in [-0.3, -0.25) is 0 Å². The number of hydrogen-bond acceptors (Lipinski definition) is 4. The molecule has 1 aliphatic heterocycles. The third-order valence-corrected chi connectivity index (χ3v) is 5.50. The average Bonchev–Trinajstić information content (AvgIpc) is 3.09. The monoisotopic (exact) mass is 318 g/mol. The highest BCUT2D eigenvalue weighted by atomic mass is 16.3. The van der Waals surface area contributed by atoms with Crippen LogP contribution in [0.3, 0.4) is 0 Å². The largest absolute Gasteiger partial charge is 0.394 e.